The Morgan fingerprint density at radius 1 is 1.39 bits per heavy atom. The van der Waals surface area contributed by atoms with Crippen LogP contribution >= 0.6 is 11.6 Å². The van der Waals surface area contributed by atoms with Crippen molar-refractivity contribution in [2.75, 3.05) is 6.61 Å². The van der Waals surface area contributed by atoms with Crippen LogP contribution in [-0.4, -0.2) is 22.5 Å². The van der Waals surface area contributed by atoms with Gasteiger partial charge in [0.1, 0.15) is 11.4 Å². The fourth-order valence-corrected chi connectivity index (χ4v) is 2.63. The van der Waals surface area contributed by atoms with Gasteiger partial charge in [-0.05, 0) is 31.2 Å². The summed E-state index contributed by atoms with van der Waals surface area (Å²) in [6.07, 6.45) is 1.64. The van der Waals surface area contributed by atoms with Gasteiger partial charge in [0.15, 0.2) is 0 Å². The van der Waals surface area contributed by atoms with Crippen molar-refractivity contribution < 1.29 is 13.9 Å². The van der Waals surface area contributed by atoms with Crippen molar-refractivity contribution >= 4 is 28.5 Å². The Morgan fingerprint density at radius 3 is 2.83 bits per heavy atom. The van der Waals surface area contributed by atoms with Crippen LogP contribution in [0.15, 0.2) is 35.3 Å². The molecule has 0 fully saturated rings. The lowest BCUT2D eigenvalue weighted by Crippen LogP contribution is -2.21. The molecule has 2 N–H and O–H groups in total. The summed E-state index contributed by atoms with van der Waals surface area (Å²) in [4.78, 5) is 30.7. The van der Waals surface area contributed by atoms with E-state index in [9.17, 15) is 14.0 Å². The summed E-state index contributed by atoms with van der Waals surface area (Å²) < 4.78 is 19.1. The number of pyridine rings is 1. The van der Waals surface area contributed by atoms with Crippen molar-refractivity contribution in [3.05, 3.63) is 57.1 Å². The molecule has 0 saturated heterocycles. The molecule has 0 saturated carbocycles. The lowest BCUT2D eigenvalue weighted by Gasteiger charge is -2.10. The molecule has 0 spiro atoms. The zero-order chi connectivity index (χ0) is 16.6. The summed E-state index contributed by atoms with van der Waals surface area (Å²) in [5.74, 6) is -1.60. The number of aromatic amines is 2. The monoisotopic (exact) mass is 334 g/mol. The summed E-state index contributed by atoms with van der Waals surface area (Å²) >= 11 is 5.84. The van der Waals surface area contributed by atoms with Crippen molar-refractivity contribution in [2.45, 2.75) is 6.92 Å². The van der Waals surface area contributed by atoms with Gasteiger partial charge in [-0.3, -0.25) is 4.79 Å². The highest BCUT2D eigenvalue weighted by atomic mass is 35.5. The van der Waals surface area contributed by atoms with Gasteiger partial charge in [-0.25, -0.2) is 9.18 Å². The molecule has 0 aliphatic carbocycles. The molecule has 0 bridgehead atoms. The summed E-state index contributed by atoms with van der Waals surface area (Å²) in [6.45, 7) is 1.73. The third-order valence-electron chi connectivity index (χ3n) is 3.37. The van der Waals surface area contributed by atoms with E-state index in [4.69, 9.17) is 16.3 Å². The minimum absolute atomic E-state index is 0.101. The topological polar surface area (TPSA) is 75.0 Å². The Bertz CT molecular complexity index is 948. The number of hydrogen-bond acceptors (Lipinski definition) is 3. The van der Waals surface area contributed by atoms with E-state index in [-0.39, 0.29) is 33.8 Å². The molecule has 7 heteroatoms. The maximum absolute atomic E-state index is 14.1. The number of esters is 1. The normalized spacial score (nSPS) is 10.9. The van der Waals surface area contributed by atoms with Crippen molar-refractivity contribution in [3.63, 3.8) is 0 Å². The van der Waals surface area contributed by atoms with Gasteiger partial charge in [0, 0.05) is 11.2 Å². The Kier molecular flexibility index (Phi) is 3.92. The Labute approximate surface area is 135 Å². The second kappa shape index (κ2) is 5.89. The quantitative estimate of drug-likeness (QED) is 0.720. The van der Waals surface area contributed by atoms with Crippen LogP contribution in [0, 0.1) is 5.82 Å². The summed E-state index contributed by atoms with van der Waals surface area (Å²) in [5.41, 5.74) is -0.0447. The Balaban J connectivity index is 2.42. The molecule has 2 heterocycles. The summed E-state index contributed by atoms with van der Waals surface area (Å²) in [6, 6.07) is 5.86. The lowest BCUT2D eigenvalue weighted by molar-refractivity contribution is 0.0525. The first-order valence-electron chi connectivity index (χ1n) is 6.88. The Morgan fingerprint density at radius 2 is 2.17 bits per heavy atom. The van der Waals surface area contributed by atoms with Gasteiger partial charge in [-0.2, -0.15) is 0 Å². The molecule has 3 rings (SSSR count). The van der Waals surface area contributed by atoms with Crippen LogP contribution in [0.1, 0.15) is 17.3 Å². The summed E-state index contributed by atoms with van der Waals surface area (Å²) in [5, 5.41) is -0.0836. The zero-order valence-electron chi connectivity index (χ0n) is 12.1. The van der Waals surface area contributed by atoms with Gasteiger partial charge in [0.2, 0.25) is 5.43 Å². The van der Waals surface area contributed by atoms with Crippen LogP contribution in [0.2, 0.25) is 5.02 Å². The SMILES string of the molecule is CCOC(=O)c1c(-c2ccc[nH]2)[nH]c2cc(Cl)cc(F)c2c1=O. The summed E-state index contributed by atoms with van der Waals surface area (Å²) in [7, 11) is 0. The van der Waals surface area contributed by atoms with Crippen LogP contribution in [0.3, 0.4) is 0 Å². The highest BCUT2D eigenvalue weighted by Crippen LogP contribution is 2.25. The second-order valence-electron chi connectivity index (χ2n) is 4.82. The molecule has 0 aliphatic rings. The van der Waals surface area contributed by atoms with E-state index in [2.05, 4.69) is 9.97 Å². The molecule has 0 unspecified atom stereocenters. The third kappa shape index (κ3) is 2.61. The number of carbonyl (C=O) groups is 1. The third-order valence-corrected chi connectivity index (χ3v) is 3.58. The first kappa shape index (κ1) is 15.3. The molecular formula is C16H12ClFN2O3. The second-order valence-corrected chi connectivity index (χ2v) is 5.25. The largest absolute Gasteiger partial charge is 0.462 e. The van der Waals surface area contributed by atoms with E-state index in [1.165, 1.54) is 6.07 Å². The van der Waals surface area contributed by atoms with Crippen LogP contribution in [0.4, 0.5) is 4.39 Å². The maximum Gasteiger partial charge on any atom is 0.344 e. The number of H-pyrrole nitrogens is 2. The van der Waals surface area contributed by atoms with E-state index in [1.54, 1.807) is 25.3 Å². The number of halogens is 2. The van der Waals surface area contributed by atoms with E-state index in [0.717, 1.165) is 6.07 Å². The van der Waals surface area contributed by atoms with E-state index < -0.39 is 17.2 Å². The fourth-order valence-electron chi connectivity index (χ4n) is 2.42. The molecule has 0 radical (unpaired) electrons. The molecule has 0 atom stereocenters. The van der Waals surface area contributed by atoms with E-state index >= 15 is 0 Å². The number of hydrogen-bond donors (Lipinski definition) is 2. The minimum Gasteiger partial charge on any atom is -0.462 e. The van der Waals surface area contributed by atoms with Crippen LogP contribution in [0.25, 0.3) is 22.3 Å². The van der Waals surface area contributed by atoms with Crippen molar-refractivity contribution in [1.82, 2.24) is 9.97 Å². The Hall–Kier alpha value is -2.60. The molecule has 2 aromatic heterocycles. The van der Waals surface area contributed by atoms with Crippen LogP contribution in [0.5, 0.6) is 0 Å². The van der Waals surface area contributed by atoms with E-state index in [0.29, 0.717) is 5.69 Å². The van der Waals surface area contributed by atoms with E-state index in [1.807, 2.05) is 0 Å². The highest BCUT2D eigenvalue weighted by molar-refractivity contribution is 6.31. The van der Waals surface area contributed by atoms with Crippen molar-refractivity contribution in [3.8, 4) is 11.4 Å². The van der Waals surface area contributed by atoms with Gasteiger partial charge in [-0.1, -0.05) is 11.6 Å². The average molecular weight is 335 g/mol. The molecule has 5 nitrogen and oxygen atoms in total. The number of aromatic nitrogens is 2. The first-order chi connectivity index (χ1) is 11.0. The average Bonchev–Trinajstić information content (AvgIpc) is 3.00. The molecular weight excluding hydrogens is 323 g/mol. The van der Waals surface area contributed by atoms with Crippen molar-refractivity contribution in [1.29, 1.82) is 0 Å². The minimum atomic E-state index is -0.811. The van der Waals surface area contributed by atoms with Gasteiger partial charge >= 0.3 is 5.97 Å². The molecule has 3 aromatic rings. The maximum atomic E-state index is 14.1. The number of fused-ring (bicyclic) bond motifs is 1. The van der Waals surface area contributed by atoms with Gasteiger partial charge in [0.25, 0.3) is 0 Å². The standard InChI is InChI=1S/C16H12ClFN2O3/c1-2-23-16(22)13-14(10-4-3-5-19-10)20-11-7-8(17)6-9(18)12(11)15(13)21/h3-7,19H,2H2,1H3,(H,20,21). The molecule has 118 valence electrons. The van der Waals surface area contributed by atoms with Gasteiger partial charge in [0.05, 0.1) is 28.9 Å². The number of rotatable bonds is 3. The highest BCUT2D eigenvalue weighted by Gasteiger charge is 2.23. The smallest absolute Gasteiger partial charge is 0.344 e. The predicted octanol–water partition coefficient (Wildman–Crippen LogP) is 3.49. The molecule has 1 aromatic carbocycles. The molecule has 0 amide bonds. The number of ether oxygens (including phenoxy) is 1. The lowest BCUT2D eigenvalue weighted by atomic mass is 10.1. The zero-order valence-corrected chi connectivity index (χ0v) is 12.8. The first-order valence-corrected chi connectivity index (χ1v) is 7.26. The van der Waals surface area contributed by atoms with Crippen molar-refractivity contribution in [2.24, 2.45) is 0 Å². The number of nitrogens with one attached hydrogen (secondary N) is 2. The van der Waals surface area contributed by atoms with Gasteiger partial charge in [-0.15, -0.1) is 0 Å². The number of benzene rings is 1. The predicted molar refractivity (Wildman–Crippen MR) is 85.3 cm³/mol. The molecule has 23 heavy (non-hydrogen) atoms. The molecule has 0 aliphatic heterocycles. The van der Waals surface area contributed by atoms with Gasteiger partial charge < -0.3 is 14.7 Å². The number of carbonyl (C=O) groups excluding carboxylic acids is 1. The van der Waals surface area contributed by atoms with Crippen LogP contribution in [-0.2, 0) is 4.74 Å². The fraction of sp³-hybridized carbons (Fsp3) is 0.125. The van der Waals surface area contributed by atoms with Crippen LogP contribution < -0.4 is 5.43 Å².